The van der Waals surface area contributed by atoms with E-state index in [2.05, 4.69) is 22.4 Å². The maximum Gasteiger partial charge on any atom is 0.173 e. The number of amidine groups is 1. The van der Waals surface area contributed by atoms with Gasteiger partial charge in [-0.2, -0.15) is 0 Å². The minimum Gasteiger partial charge on any atom is -0.409 e. The molecular weight excluding hydrogens is 275 g/mol. The maximum atomic E-state index is 14.2. The third-order valence-electron chi connectivity index (χ3n) is 3.49. The van der Waals surface area contributed by atoms with E-state index in [1.807, 2.05) is 0 Å². The van der Waals surface area contributed by atoms with Crippen LogP contribution in [0, 0.1) is 5.82 Å². The molecule has 0 spiro atoms. The van der Waals surface area contributed by atoms with Crippen molar-refractivity contribution in [1.29, 1.82) is 0 Å². The lowest BCUT2D eigenvalue weighted by atomic mass is 10.1. The number of nitrogens with one attached hydrogen (secondary N) is 1. The van der Waals surface area contributed by atoms with Gasteiger partial charge in [0.2, 0.25) is 0 Å². The average Bonchev–Trinajstić information content (AvgIpc) is 2.48. The van der Waals surface area contributed by atoms with Gasteiger partial charge >= 0.3 is 0 Å². The summed E-state index contributed by atoms with van der Waals surface area (Å²) in [4.78, 5) is 2.20. The van der Waals surface area contributed by atoms with Gasteiger partial charge in [-0.25, -0.2) is 4.39 Å². The van der Waals surface area contributed by atoms with Gasteiger partial charge in [0.1, 0.15) is 5.82 Å². The van der Waals surface area contributed by atoms with E-state index >= 15 is 0 Å². The normalized spacial score (nSPS) is 20.7. The molecule has 1 fully saturated rings. The standard InChI is InChI=1S/C14H21FN4O2/c1-19-5-6-21-11(9-19)8-17-7-10-3-2-4-12(13(10)15)14(16)18-20/h2-4,11,17,20H,5-9H2,1H3,(H2,16,18). The van der Waals surface area contributed by atoms with Crippen LogP contribution in [0.25, 0.3) is 0 Å². The molecule has 1 aromatic rings. The fourth-order valence-corrected chi connectivity index (χ4v) is 2.33. The Bertz CT molecular complexity index is 510. The molecule has 1 atom stereocenters. The van der Waals surface area contributed by atoms with E-state index in [9.17, 15) is 4.39 Å². The highest BCUT2D eigenvalue weighted by Crippen LogP contribution is 2.13. The second kappa shape index (κ2) is 7.35. The number of hydrogen-bond acceptors (Lipinski definition) is 5. The summed E-state index contributed by atoms with van der Waals surface area (Å²) in [5.41, 5.74) is 6.02. The SMILES string of the molecule is CN1CCOC(CNCc2cccc(/C(N)=N/O)c2F)C1. The van der Waals surface area contributed by atoms with E-state index in [1.165, 1.54) is 6.07 Å². The smallest absolute Gasteiger partial charge is 0.173 e. The summed E-state index contributed by atoms with van der Waals surface area (Å²) in [6, 6.07) is 4.83. The van der Waals surface area contributed by atoms with Crippen LogP contribution in [0.4, 0.5) is 4.39 Å². The van der Waals surface area contributed by atoms with Gasteiger partial charge in [0.25, 0.3) is 0 Å². The molecule has 4 N–H and O–H groups in total. The molecule has 1 unspecified atom stereocenters. The van der Waals surface area contributed by atoms with Crippen molar-refractivity contribution in [3.8, 4) is 0 Å². The molecule has 1 aromatic carbocycles. The summed E-state index contributed by atoms with van der Waals surface area (Å²) in [6.45, 7) is 3.53. The van der Waals surface area contributed by atoms with Crippen LogP contribution >= 0.6 is 0 Å². The molecule has 0 saturated carbocycles. The van der Waals surface area contributed by atoms with Crippen molar-refractivity contribution < 1.29 is 14.3 Å². The molecule has 2 rings (SSSR count). The number of nitrogens with zero attached hydrogens (tertiary/aromatic N) is 2. The van der Waals surface area contributed by atoms with Gasteiger partial charge in [-0.3, -0.25) is 0 Å². The zero-order chi connectivity index (χ0) is 15.2. The highest BCUT2D eigenvalue weighted by atomic mass is 19.1. The van der Waals surface area contributed by atoms with Crippen molar-refractivity contribution in [2.75, 3.05) is 33.3 Å². The van der Waals surface area contributed by atoms with E-state index < -0.39 is 5.82 Å². The minimum absolute atomic E-state index is 0.102. The van der Waals surface area contributed by atoms with Crippen LogP contribution < -0.4 is 11.1 Å². The van der Waals surface area contributed by atoms with Crippen molar-refractivity contribution >= 4 is 5.84 Å². The maximum absolute atomic E-state index is 14.2. The molecule has 21 heavy (non-hydrogen) atoms. The molecule has 7 heteroatoms. The van der Waals surface area contributed by atoms with Gasteiger partial charge in [0.15, 0.2) is 5.84 Å². The molecule has 0 amide bonds. The molecule has 0 aromatic heterocycles. The summed E-state index contributed by atoms with van der Waals surface area (Å²) in [6.07, 6.45) is 0.110. The monoisotopic (exact) mass is 296 g/mol. The summed E-state index contributed by atoms with van der Waals surface area (Å²) >= 11 is 0. The van der Waals surface area contributed by atoms with Crippen LogP contribution in [0.5, 0.6) is 0 Å². The third kappa shape index (κ3) is 4.13. The van der Waals surface area contributed by atoms with E-state index in [0.29, 0.717) is 18.7 Å². The first-order valence-electron chi connectivity index (χ1n) is 6.88. The average molecular weight is 296 g/mol. The van der Waals surface area contributed by atoms with Crippen molar-refractivity contribution in [2.24, 2.45) is 10.9 Å². The quantitative estimate of drug-likeness (QED) is 0.316. The molecular formula is C14H21FN4O2. The lowest BCUT2D eigenvalue weighted by molar-refractivity contribution is -0.0182. The first-order valence-corrected chi connectivity index (χ1v) is 6.88. The van der Waals surface area contributed by atoms with Gasteiger partial charge in [-0.15, -0.1) is 0 Å². The van der Waals surface area contributed by atoms with Crippen LogP contribution in [0.15, 0.2) is 23.4 Å². The van der Waals surface area contributed by atoms with E-state index in [-0.39, 0.29) is 17.5 Å². The number of benzene rings is 1. The third-order valence-corrected chi connectivity index (χ3v) is 3.49. The Hall–Kier alpha value is -1.70. The first-order chi connectivity index (χ1) is 10.1. The first kappa shape index (κ1) is 15.7. The van der Waals surface area contributed by atoms with Gasteiger partial charge < -0.3 is 25.9 Å². The number of rotatable bonds is 5. The number of hydrogen-bond donors (Lipinski definition) is 3. The Kier molecular flexibility index (Phi) is 5.49. The molecule has 0 radical (unpaired) electrons. The van der Waals surface area contributed by atoms with Gasteiger partial charge in [0, 0.05) is 31.7 Å². The van der Waals surface area contributed by atoms with Crippen molar-refractivity contribution in [1.82, 2.24) is 10.2 Å². The highest BCUT2D eigenvalue weighted by Gasteiger charge is 2.17. The summed E-state index contributed by atoms with van der Waals surface area (Å²) in [5, 5.41) is 14.6. The van der Waals surface area contributed by atoms with Crippen molar-refractivity contribution in [3.63, 3.8) is 0 Å². The Morgan fingerprint density at radius 3 is 3.14 bits per heavy atom. The predicted octanol–water partition coefficient (Wildman–Crippen LogP) is 0.340. The Labute approximate surface area is 123 Å². The number of likely N-dealkylation sites (N-methyl/N-ethyl adjacent to an activating group) is 1. The second-order valence-electron chi connectivity index (χ2n) is 5.15. The fraction of sp³-hybridized carbons (Fsp3) is 0.500. The number of nitrogens with two attached hydrogens (primary N) is 1. The molecule has 6 nitrogen and oxygen atoms in total. The second-order valence-corrected chi connectivity index (χ2v) is 5.15. The van der Waals surface area contributed by atoms with Crippen LogP contribution in [0.3, 0.4) is 0 Å². The molecule has 0 aliphatic carbocycles. The van der Waals surface area contributed by atoms with E-state index in [4.69, 9.17) is 15.7 Å². The van der Waals surface area contributed by atoms with Gasteiger partial charge in [-0.1, -0.05) is 17.3 Å². The molecule has 116 valence electrons. The Morgan fingerprint density at radius 1 is 1.62 bits per heavy atom. The summed E-state index contributed by atoms with van der Waals surface area (Å²) < 4.78 is 19.8. The number of ether oxygens (including phenoxy) is 1. The number of morpholine rings is 1. The molecule has 0 bridgehead atoms. The molecule has 1 aliphatic rings. The number of oxime groups is 1. The zero-order valence-corrected chi connectivity index (χ0v) is 12.1. The van der Waals surface area contributed by atoms with Crippen LogP contribution in [0.2, 0.25) is 0 Å². The predicted molar refractivity (Wildman–Crippen MR) is 77.9 cm³/mol. The van der Waals surface area contributed by atoms with Crippen LogP contribution in [-0.2, 0) is 11.3 Å². The van der Waals surface area contributed by atoms with Crippen LogP contribution in [-0.4, -0.2) is 55.3 Å². The minimum atomic E-state index is -0.470. The lowest BCUT2D eigenvalue weighted by Crippen LogP contribution is -2.44. The lowest BCUT2D eigenvalue weighted by Gasteiger charge is -2.30. The Balaban J connectivity index is 1.91. The topological polar surface area (TPSA) is 83.1 Å². The van der Waals surface area contributed by atoms with Crippen LogP contribution in [0.1, 0.15) is 11.1 Å². The fourth-order valence-electron chi connectivity index (χ4n) is 2.33. The largest absolute Gasteiger partial charge is 0.409 e. The Morgan fingerprint density at radius 2 is 2.43 bits per heavy atom. The van der Waals surface area contributed by atoms with E-state index in [1.54, 1.807) is 12.1 Å². The number of halogens is 1. The summed E-state index contributed by atoms with van der Waals surface area (Å²) in [5.74, 6) is -0.700. The molecule has 1 aliphatic heterocycles. The van der Waals surface area contributed by atoms with Gasteiger partial charge in [0.05, 0.1) is 18.3 Å². The van der Waals surface area contributed by atoms with Gasteiger partial charge in [-0.05, 0) is 13.1 Å². The summed E-state index contributed by atoms with van der Waals surface area (Å²) in [7, 11) is 2.05. The molecule has 1 saturated heterocycles. The van der Waals surface area contributed by atoms with E-state index in [0.717, 1.165) is 19.7 Å². The highest BCUT2D eigenvalue weighted by molar-refractivity contribution is 5.97. The van der Waals surface area contributed by atoms with Crippen molar-refractivity contribution in [2.45, 2.75) is 12.6 Å². The van der Waals surface area contributed by atoms with Crippen molar-refractivity contribution in [3.05, 3.63) is 35.1 Å². The molecule has 1 heterocycles. The zero-order valence-electron chi connectivity index (χ0n) is 12.1.